The first-order valence-corrected chi connectivity index (χ1v) is 13.1. The number of hydrogen-bond donors (Lipinski definition) is 4. The van der Waals surface area contributed by atoms with E-state index < -0.39 is 23.9 Å². The molecule has 3 fully saturated rings. The molecule has 0 aromatic heterocycles. The Morgan fingerprint density at radius 1 is 1.03 bits per heavy atom. The molecule has 3 rings (SSSR count). The van der Waals surface area contributed by atoms with E-state index >= 15 is 0 Å². The molecule has 0 aromatic rings. The van der Waals surface area contributed by atoms with Crippen molar-refractivity contribution in [2.24, 2.45) is 23.2 Å². The third kappa shape index (κ3) is 5.90. The quantitative estimate of drug-likeness (QED) is 0.394. The van der Waals surface area contributed by atoms with Crippen molar-refractivity contribution in [3.05, 3.63) is 47.6 Å². The fourth-order valence-electron chi connectivity index (χ4n) is 6.72. The molecule has 6 atom stereocenters. The predicted molar refractivity (Wildman–Crippen MR) is 135 cm³/mol. The molecule has 4 heteroatoms. The second kappa shape index (κ2) is 11.0. The highest BCUT2D eigenvalue weighted by atomic mass is 16.4. The minimum atomic E-state index is -1.04. The van der Waals surface area contributed by atoms with Gasteiger partial charge in [-0.1, -0.05) is 75.3 Å². The van der Waals surface area contributed by atoms with E-state index in [1.807, 2.05) is 26.0 Å². The number of fused-ring (bicyclic) bond motifs is 1. The summed E-state index contributed by atoms with van der Waals surface area (Å²) in [6, 6.07) is 0. The first-order valence-electron chi connectivity index (χ1n) is 13.1. The normalized spacial score (nSPS) is 37.8. The van der Waals surface area contributed by atoms with E-state index in [-0.39, 0.29) is 0 Å². The standard InChI is InChI=1S/C29H46O4/c1-5-29(33,6-2)17-8-7-10-20(3)23-14-15-24-22(11-9-16-28(23,24)4)13-12-21-18-25(30)27(32)26(31)19-21/h7-8,10,12-13,17,20,23-27,30-33H,5-6,9,11,14-16,18-19H2,1-4H3/b10-7+,17-8+,21-12?,22-13+/t20-,23?,24?,25-,26-,27?,28?/m1/s1. The van der Waals surface area contributed by atoms with E-state index in [2.05, 4.69) is 38.2 Å². The summed E-state index contributed by atoms with van der Waals surface area (Å²) in [5.41, 5.74) is 2.14. The molecular formula is C29H46O4. The topological polar surface area (TPSA) is 80.9 Å². The lowest BCUT2D eigenvalue weighted by atomic mass is 9.61. The van der Waals surface area contributed by atoms with Gasteiger partial charge >= 0.3 is 0 Å². The molecule has 0 saturated heterocycles. The van der Waals surface area contributed by atoms with Crippen molar-refractivity contribution in [1.29, 1.82) is 0 Å². The minimum Gasteiger partial charge on any atom is -0.390 e. The monoisotopic (exact) mass is 458 g/mol. The predicted octanol–water partition coefficient (Wildman–Crippen LogP) is 5.23. The lowest BCUT2D eigenvalue weighted by Gasteiger charge is -2.44. The largest absolute Gasteiger partial charge is 0.390 e. The number of rotatable bonds is 7. The van der Waals surface area contributed by atoms with Gasteiger partial charge in [0, 0.05) is 0 Å². The molecular weight excluding hydrogens is 412 g/mol. The molecule has 0 heterocycles. The van der Waals surface area contributed by atoms with Crippen molar-refractivity contribution in [3.8, 4) is 0 Å². The second-order valence-electron chi connectivity index (χ2n) is 11.1. The second-order valence-corrected chi connectivity index (χ2v) is 11.1. The van der Waals surface area contributed by atoms with Crippen LogP contribution in [-0.4, -0.2) is 44.3 Å². The Kier molecular flexibility index (Phi) is 8.82. The van der Waals surface area contributed by atoms with Gasteiger partial charge in [0.25, 0.3) is 0 Å². The highest BCUT2D eigenvalue weighted by molar-refractivity contribution is 5.27. The van der Waals surface area contributed by atoms with Gasteiger partial charge in [0.05, 0.1) is 17.8 Å². The molecule has 0 radical (unpaired) electrons. The molecule has 186 valence electrons. The Bertz CT molecular complexity index is 760. The van der Waals surface area contributed by atoms with Crippen molar-refractivity contribution < 1.29 is 20.4 Å². The highest BCUT2D eigenvalue weighted by Gasteiger charge is 2.50. The van der Waals surface area contributed by atoms with Crippen LogP contribution in [0.25, 0.3) is 0 Å². The van der Waals surface area contributed by atoms with Crippen LogP contribution in [0.2, 0.25) is 0 Å². The van der Waals surface area contributed by atoms with Crippen molar-refractivity contribution in [1.82, 2.24) is 0 Å². The van der Waals surface area contributed by atoms with Crippen LogP contribution in [0.15, 0.2) is 47.6 Å². The maximum absolute atomic E-state index is 10.4. The van der Waals surface area contributed by atoms with Gasteiger partial charge in [-0.05, 0) is 81.0 Å². The third-order valence-corrected chi connectivity index (χ3v) is 9.09. The fourth-order valence-corrected chi connectivity index (χ4v) is 6.72. The van der Waals surface area contributed by atoms with Crippen LogP contribution in [0.1, 0.15) is 85.5 Å². The number of aliphatic hydroxyl groups is 4. The first-order chi connectivity index (χ1) is 15.6. The number of aliphatic hydroxyl groups excluding tert-OH is 3. The van der Waals surface area contributed by atoms with E-state index in [1.54, 1.807) is 0 Å². The SMILES string of the molecule is CCC(O)(/C=C/C=C/[C@@H](C)C1CCC2/C(=C/C=C3C[C@@H](O)C(O)[C@H](O)C3)CCCC21C)CC. The Labute approximate surface area is 200 Å². The minimum absolute atomic E-state index is 0.297. The molecule has 3 aliphatic rings. The maximum atomic E-state index is 10.4. The summed E-state index contributed by atoms with van der Waals surface area (Å²) in [4.78, 5) is 0. The Morgan fingerprint density at radius 3 is 2.33 bits per heavy atom. The number of allylic oxidation sites excluding steroid dienone is 6. The van der Waals surface area contributed by atoms with Crippen molar-refractivity contribution in [2.75, 3.05) is 0 Å². The van der Waals surface area contributed by atoms with Crippen LogP contribution >= 0.6 is 0 Å². The van der Waals surface area contributed by atoms with Gasteiger partial charge in [-0.25, -0.2) is 0 Å². The van der Waals surface area contributed by atoms with Crippen LogP contribution in [0, 0.1) is 23.2 Å². The van der Waals surface area contributed by atoms with Crippen LogP contribution < -0.4 is 0 Å². The molecule has 0 bridgehead atoms. The smallest absolute Gasteiger partial charge is 0.106 e. The summed E-state index contributed by atoms with van der Waals surface area (Å²) >= 11 is 0. The van der Waals surface area contributed by atoms with E-state index in [4.69, 9.17) is 0 Å². The fraction of sp³-hybridized carbons (Fsp3) is 0.724. The average molecular weight is 459 g/mol. The molecule has 0 amide bonds. The van der Waals surface area contributed by atoms with Gasteiger partial charge in [0.1, 0.15) is 6.10 Å². The van der Waals surface area contributed by atoms with Crippen molar-refractivity contribution >= 4 is 0 Å². The average Bonchev–Trinajstić information content (AvgIpc) is 3.16. The summed E-state index contributed by atoms with van der Waals surface area (Å²) in [5.74, 6) is 1.73. The summed E-state index contributed by atoms with van der Waals surface area (Å²) in [5, 5.41) is 40.3. The number of hydrogen-bond acceptors (Lipinski definition) is 4. The van der Waals surface area contributed by atoms with Gasteiger partial charge in [-0.3, -0.25) is 0 Å². The van der Waals surface area contributed by atoms with Crippen molar-refractivity contribution in [3.63, 3.8) is 0 Å². The molecule has 33 heavy (non-hydrogen) atoms. The molecule has 3 unspecified atom stereocenters. The van der Waals surface area contributed by atoms with Crippen LogP contribution in [0.4, 0.5) is 0 Å². The van der Waals surface area contributed by atoms with Crippen molar-refractivity contribution in [2.45, 2.75) is 109 Å². The van der Waals surface area contributed by atoms with E-state index in [0.717, 1.165) is 24.8 Å². The van der Waals surface area contributed by atoms with E-state index in [9.17, 15) is 20.4 Å². The molecule has 0 aromatic carbocycles. The van der Waals surface area contributed by atoms with E-state index in [0.29, 0.717) is 36.0 Å². The zero-order chi connectivity index (χ0) is 24.2. The molecule has 3 saturated carbocycles. The zero-order valence-electron chi connectivity index (χ0n) is 21.1. The molecule has 4 nitrogen and oxygen atoms in total. The van der Waals surface area contributed by atoms with Gasteiger partial charge in [-0.2, -0.15) is 0 Å². The lowest BCUT2D eigenvalue weighted by Crippen LogP contribution is -2.41. The van der Waals surface area contributed by atoms with Gasteiger partial charge in [-0.15, -0.1) is 0 Å². The summed E-state index contributed by atoms with van der Waals surface area (Å²) in [6.07, 6.45) is 18.4. The first kappa shape index (κ1) is 26.4. The van der Waals surface area contributed by atoms with E-state index in [1.165, 1.54) is 31.3 Å². The molecule has 4 N–H and O–H groups in total. The van der Waals surface area contributed by atoms with Crippen LogP contribution in [-0.2, 0) is 0 Å². The highest BCUT2D eigenvalue weighted by Crippen LogP contribution is 2.59. The Hall–Kier alpha value is -1.20. The van der Waals surface area contributed by atoms with Gasteiger partial charge in [0.15, 0.2) is 0 Å². The summed E-state index contributed by atoms with van der Waals surface area (Å²) < 4.78 is 0. The summed E-state index contributed by atoms with van der Waals surface area (Å²) in [7, 11) is 0. The maximum Gasteiger partial charge on any atom is 0.106 e. The Balaban J connectivity index is 1.69. The van der Waals surface area contributed by atoms with Crippen LogP contribution in [0.5, 0.6) is 0 Å². The molecule has 3 aliphatic carbocycles. The summed E-state index contributed by atoms with van der Waals surface area (Å²) in [6.45, 7) is 8.86. The molecule has 0 aliphatic heterocycles. The van der Waals surface area contributed by atoms with Crippen LogP contribution in [0.3, 0.4) is 0 Å². The zero-order valence-corrected chi connectivity index (χ0v) is 21.1. The Morgan fingerprint density at radius 2 is 1.70 bits per heavy atom. The third-order valence-electron chi connectivity index (χ3n) is 9.09. The molecule has 0 spiro atoms. The van der Waals surface area contributed by atoms with Gasteiger partial charge in [0.2, 0.25) is 0 Å². The van der Waals surface area contributed by atoms with Gasteiger partial charge < -0.3 is 20.4 Å². The lowest BCUT2D eigenvalue weighted by molar-refractivity contribution is -0.0713.